The molecule has 21 heavy (non-hydrogen) atoms. The summed E-state index contributed by atoms with van der Waals surface area (Å²) in [5, 5.41) is 8.63. The standard InChI is InChI=1S/C15H23NO4S/c1-19-10-3-8-16(9-11-20-2)12-14-5-4-13(21-14)6-7-15(17)18/h4-7H,3,8-12H2,1-2H3,(H,17,18). The van der Waals surface area contributed by atoms with Crippen LogP contribution < -0.4 is 0 Å². The third-order valence-corrected chi connectivity index (χ3v) is 3.92. The number of thiophene rings is 1. The molecule has 0 saturated carbocycles. The lowest BCUT2D eigenvalue weighted by Gasteiger charge is -2.21. The molecule has 118 valence electrons. The van der Waals surface area contributed by atoms with Gasteiger partial charge in [-0.25, -0.2) is 4.79 Å². The minimum Gasteiger partial charge on any atom is -0.478 e. The number of methoxy groups -OCH3 is 2. The quantitative estimate of drug-likeness (QED) is 0.502. The van der Waals surface area contributed by atoms with Crippen molar-refractivity contribution in [3.8, 4) is 0 Å². The third-order valence-electron chi connectivity index (χ3n) is 2.89. The Morgan fingerprint density at radius 1 is 1.29 bits per heavy atom. The predicted molar refractivity (Wildman–Crippen MR) is 84.6 cm³/mol. The van der Waals surface area contributed by atoms with Gasteiger partial charge in [-0.2, -0.15) is 0 Å². The smallest absolute Gasteiger partial charge is 0.328 e. The van der Waals surface area contributed by atoms with Crippen LogP contribution in [0.5, 0.6) is 0 Å². The van der Waals surface area contributed by atoms with Crippen molar-refractivity contribution in [2.45, 2.75) is 13.0 Å². The van der Waals surface area contributed by atoms with Crippen LogP contribution in [0.3, 0.4) is 0 Å². The number of nitrogens with zero attached hydrogens (tertiary/aromatic N) is 1. The van der Waals surface area contributed by atoms with Gasteiger partial charge in [0, 0.05) is 56.3 Å². The molecule has 0 radical (unpaired) electrons. The van der Waals surface area contributed by atoms with E-state index in [1.807, 2.05) is 12.1 Å². The van der Waals surface area contributed by atoms with Crippen molar-refractivity contribution in [2.24, 2.45) is 0 Å². The van der Waals surface area contributed by atoms with Gasteiger partial charge in [0.2, 0.25) is 0 Å². The maximum absolute atomic E-state index is 10.5. The lowest BCUT2D eigenvalue weighted by Crippen LogP contribution is -2.28. The van der Waals surface area contributed by atoms with E-state index >= 15 is 0 Å². The van der Waals surface area contributed by atoms with E-state index in [1.165, 1.54) is 4.88 Å². The maximum Gasteiger partial charge on any atom is 0.328 e. The van der Waals surface area contributed by atoms with Gasteiger partial charge in [-0.15, -0.1) is 11.3 Å². The summed E-state index contributed by atoms with van der Waals surface area (Å²) in [6.07, 6.45) is 3.77. The molecule has 0 aliphatic carbocycles. The number of hydrogen-bond donors (Lipinski definition) is 1. The first-order valence-corrected chi connectivity index (χ1v) is 7.67. The second kappa shape index (κ2) is 10.5. The molecule has 5 nitrogen and oxygen atoms in total. The van der Waals surface area contributed by atoms with E-state index in [0.29, 0.717) is 6.61 Å². The van der Waals surface area contributed by atoms with Crippen molar-refractivity contribution in [2.75, 3.05) is 40.5 Å². The average Bonchev–Trinajstić information content (AvgIpc) is 2.90. The van der Waals surface area contributed by atoms with E-state index in [2.05, 4.69) is 4.90 Å². The second-order valence-corrected chi connectivity index (χ2v) is 5.79. The Balaban J connectivity index is 2.54. The van der Waals surface area contributed by atoms with Crippen LogP contribution in [0.25, 0.3) is 6.08 Å². The highest BCUT2D eigenvalue weighted by Gasteiger charge is 2.07. The van der Waals surface area contributed by atoms with Crippen LogP contribution in [0.15, 0.2) is 18.2 Å². The number of carbonyl (C=O) groups is 1. The Hall–Kier alpha value is -1.21. The molecule has 0 aliphatic heterocycles. The summed E-state index contributed by atoms with van der Waals surface area (Å²) in [5.74, 6) is -0.925. The molecule has 0 spiro atoms. The zero-order valence-electron chi connectivity index (χ0n) is 12.6. The second-order valence-electron chi connectivity index (χ2n) is 4.59. The average molecular weight is 313 g/mol. The topological polar surface area (TPSA) is 59.0 Å². The highest BCUT2D eigenvalue weighted by Crippen LogP contribution is 2.19. The molecule has 6 heteroatoms. The summed E-state index contributed by atoms with van der Waals surface area (Å²) in [5.41, 5.74) is 0. The number of hydrogen-bond acceptors (Lipinski definition) is 5. The fourth-order valence-corrected chi connectivity index (χ4v) is 2.82. The van der Waals surface area contributed by atoms with Gasteiger partial charge in [0.15, 0.2) is 0 Å². The molecule has 0 saturated heterocycles. The minimum absolute atomic E-state index is 0.699. The summed E-state index contributed by atoms with van der Waals surface area (Å²) >= 11 is 1.61. The molecule has 1 rings (SSSR count). The number of rotatable bonds is 11. The highest BCUT2D eigenvalue weighted by atomic mass is 32.1. The highest BCUT2D eigenvalue weighted by molar-refractivity contribution is 7.12. The fraction of sp³-hybridized carbons (Fsp3) is 0.533. The summed E-state index contributed by atoms with van der Waals surface area (Å²) in [4.78, 5) is 15.0. The molecule has 1 heterocycles. The van der Waals surface area contributed by atoms with Gasteiger partial charge in [0.05, 0.1) is 6.61 Å². The number of carboxylic acids is 1. The summed E-state index contributed by atoms with van der Waals surface area (Å²) in [6.45, 7) is 4.12. The lowest BCUT2D eigenvalue weighted by molar-refractivity contribution is -0.131. The van der Waals surface area contributed by atoms with E-state index in [9.17, 15) is 4.79 Å². The zero-order chi connectivity index (χ0) is 15.5. The Morgan fingerprint density at radius 3 is 2.71 bits per heavy atom. The molecule has 1 aromatic rings. The number of aliphatic carboxylic acids is 1. The van der Waals surface area contributed by atoms with Crippen LogP contribution in [0.2, 0.25) is 0 Å². The Bertz CT molecular complexity index is 445. The van der Waals surface area contributed by atoms with E-state index in [0.717, 1.165) is 43.6 Å². The van der Waals surface area contributed by atoms with E-state index in [1.54, 1.807) is 31.6 Å². The molecule has 0 amide bonds. The van der Waals surface area contributed by atoms with E-state index in [-0.39, 0.29) is 0 Å². The minimum atomic E-state index is -0.925. The van der Waals surface area contributed by atoms with Gasteiger partial charge in [-0.1, -0.05) is 0 Å². The molecule has 1 aromatic heterocycles. The van der Waals surface area contributed by atoms with Crippen molar-refractivity contribution in [1.29, 1.82) is 0 Å². The monoisotopic (exact) mass is 313 g/mol. The molecule has 0 atom stereocenters. The maximum atomic E-state index is 10.5. The van der Waals surface area contributed by atoms with Gasteiger partial charge in [0.1, 0.15) is 0 Å². The first-order chi connectivity index (χ1) is 10.2. The normalized spacial score (nSPS) is 11.6. The fourth-order valence-electron chi connectivity index (χ4n) is 1.87. The molecule has 0 unspecified atom stereocenters. The molecule has 0 aliphatic rings. The van der Waals surface area contributed by atoms with Crippen LogP contribution in [0, 0.1) is 0 Å². The van der Waals surface area contributed by atoms with Crippen molar-refractivity contribution < 1.29 is 19.4 Å². The number of ether oxygens (including phenoxy) is 2. The Morgan fingerprint density at radius 2 is 2.05 bits per heavy atom. The summed E-state index contributed by atoms with van der Waals surface area (Å²) in [6, 6.07) is 3.99. The van der Waals surface area contributed by atoms with Crippen molar-refractivity contribution >= 4 is 23.4 Å². The van der Waals surface area contributed by atoms with Gasteiger partial charge in [-0.3, -0.25) is 4.90 Å². The Kier molecular flexibility index (Phi) is 8.93. The first kappa shape index (κ1) is 17.8. The van der Waals surface area contributed by atoms with Crippen LogP contribution >= 0.6 is 11.3 Å². The summed E-state index contributed by atoms with van der Waals surface area (Å²) < 4.78 is 10.2. The van der Waals surface area contributed by atoms with E-state index < -0.39 is 5.97 Å². The molecular formula is C15H23NO4S. The lowest BCUT2D eigenvalue weighted by atomic mass is 10.3. The largest absolute Gasteiger partial charge is 0.478 e. The third kappa shape index (κ3) is 7.96. The zero-order valence-corrected chi connectivity index (χ0v) is 13.4. The first-order valence-electron chi connectivity index (χ1n) is 6.85. The van der Waals surface area contributed by atoms with Crippen molar-refractivity contribution in [3.63, 3.8) is 0 Å². The molecule has 0 fully saturated rings. The molecule has 0 bridgehead atoms. The molecule has 1 N–H and O–H groups in total. The van der Waals surface area contributed by atoms with Crippen LogP contribution in [0.4, 0.5) is 0 Å². The van der Waals surface area contributed by atoms with Crippen molar-refractivity contribution in [1.82, 2.24) is 4.90 Å². The number of carboxylic acid groups (broad SMARTS) is 1. The van der Waals surface area contributed by atoms with Crippen molar-refractivity contribution in [3.05, 3.63) is 28.0 Å². The molecule has 0 aromatic carbocycles. The van der Waals surface area contributed by atoms with Gasteiger partial charge >= 0.3 is 5.97 Å². The van der Waals surface area contributed by atoms with Crippen LogP contribution in [-0.2, 0) is 20.8 Å². The Labute approximate surface area is 129 Å². The SMILES string of the molecule is COCCCN(CCOC)Cc1ccc(C=CC(=O)O)s1. The van der Waals surface area contributed by atoms with E-state index in [4.69, 9.17) is 14.6 Å². The predicted octanol–water partition coefficient (Wildman–Crippen LogP) is 2.33. The van der Waals surface area contributed by atoms with Crippen LogP contribution in [0.1, 0.15) is 16.2 Å². The van der Waals surface area contributed by atoms with Gasteiger partial charge in [-0.05, 0) is 24.6 Å². The molecular weight excluding hydrogens is 290 g/mol. The van der Waals surface area contributed by atoms with Gasteiger partial charge in [0.25, 0.3) is 0 Å². The summed E-state index contributed by atoms with van der Waals surface area (Å²) in [7, 11) is 3.41. The van der Waals surface area contributed by atoms with Crippen LogP contribution in [-0.4, -0.2) is 56.5 Å². The van der Waals surface area contributed by atoms with Gasteiger partial charge < -0.3 is 14.6 Å².